The van der Waals surface area contributed by atoms with Gasteiger partial charge in [-0.2, -0.15) is 0 Å². The maximum Gasteiger partial charge on any atom is 0.243 e. The van der Waals surface area contributed by atoms with Gasteiger partial charge in [-0.05, 0) is 44.5 Å². The summed E-state index contributed by atoms with van der Waals surface area (Å²) in [6, 6.07) is 11.8. The Kier molecular flexibility index (Phi) is 7.78. The average Bonchev–Trinajstić information content (AvgIpc) is 3.33. The van der Waals surface area contributed by atoms with Crippen LogP contribution in [0.25, 0.3) is 17.2 Å². The van der Waals surface area contributed by atoms with Crippen molar-refractivity contribution in [2.24, 2.45) is 0 Å². The van der Waals surface area contributed by atoms with Gasteiger partial charge in [0.2, 0.25) is 21.9 Å². The molecule has 4 aromatic rings. The number of ketones is 1. The van der Waals surface area contributed by atoms with Gasteiger partial charge in [-0.1, -0.05) is 18.2 Å². The Morgan fingerprint density at radius 2 is 1.76 bits per heavy atom. The number of Topliss-reactive ketones (excluding diaryl/α,β-unsaturated/α-hetero) is 1. The van der Waals surface area contributed by atoms with Crippen LogP contribution in [0.3, 0.4) is 0 Å². The molecule has 198 valence electrons. The Morgan fingerprint density at radius 3 is 2.42 bits per heavy atom. The van der Waals surface area contributed by atoms with Crippen molar-refractivity contribution < 1.29 is 22.7 Å². The van der Waals surface area contributed by atoms with Crippen LogP contribution >= 0.6 is 0 Å². The third-order valence-electron chi connectivity index (χ3n) is 5.79. The van der Waals surface area contributed by atoms with Crippen LogP contribution < -0.4 is 9.46 Å². The predicted molar refractivity (Wildman–Crippen MR) is 140 cm³/mol. The van der Waals surface area contributed by atoms with Crippen molar-refractivity contribution in [1.82, 2.24) is 29.7 Å². The zero-order valence-corrected chi connectivity index (χ0v) is 22.3. The molecule has 2 atom stereocenters. The van der Waals surface area contributed by atoms with Crippen LogP contribution in [0.2, 0.25) is 0 Å². The van der Waals surface area contributed by atoms with Crippen molar-refractivity contribution in [3.63, 3.8) is 0 Å². The molecule has 4 rings (SSSR count). The van der Waals surface area contributed by atoms with Crippen LogP contribution in [0.1, 0.15) is 41.7 Å². The molecule has 0 amide bonds. The highest BCUT2D eigenvalue weighted by Gasteiger charge is 2.34. The number of rotatable bonds is 10. The zero-order chi connectivity index (χ0) is 27.4. The Labute approximate surface area is 220 Å². The standard InChI is InChI=1S/C25H27N7O5S/c1-15-13-26-23(27-14-15)22(37-5)17(3)38(34,35)31-25-30-29-24(20-10-7-11-21(28-20)36-4)32(25)19-9-6-8-18(12-19)16(2)33/h6-14,17,22H,1-5H3,(H,30,31)/t17-,22-/m0/s1. The number of hydrogen-bond acceptors (Lipinski definition) is 10. The van der Waals surface area contributed by atoms with Crippen LogP contribution in [0.15, 0.2) is 54.9 Å². The molecule has 38 heavy (non-hydrogen) atoms. The second-order valence-corrected chi connectivity index (χ2v) is 10.5. The third kappa shape index (κ3) is 5.53. The van der Waals surface area contributed by atoms with Gasteiger partial charge in [0, 0.05) is 31.1 Å². The van der Waals surface area contributed by atoms with Gasteiger partial charge in [0.25, 0.3) is 0 Å². The van der Waals surface area contributed by atoms with E-state index in [2.05, 4.69) is 29.9 Å². The second kappa shape index (κ2) is 11.0. The Balaban J connectivity index is 1.79. The van der Waals surface area contributed by atoms with E-state index in [9.17, 15) is 13.2 Å². The van der Waals surface area contributed by atoms with E-state index in [1.807, 2.05) is 6.92 Å². The quantitative estimate of drug-likeness (QED) is 0.299. The molecule has 0 radical (unpaired) electrons. The minimum Gasteiger partial charge on any atom is -0.481 e. The number of sulfonamides is 1. The molecule has 0 bridgehead atoms. The summed E-state index contributed by atoms with van der Waals surface area (Å²) in [5.74, 6) is 0.550. The van der Waals surface area contributed by atoms with Crippen molar-refractivity contribution in [3.8, 4) is 23.1 Å². The molecule has 0 unspecified atom stereocenters. The third-order valence-corrected chi connectivity index (χ3v) is 7.49. The molecule has 3 heterocycles. The van der Waals surface area contributed by atoms with E-state index in [4.69, 9.17) is 9.47 Å². The molecule has 0 spiro atoms. The normalized spacial score (nSPS) is 13.1. The number of nitrogens with one attached hydrogen (secondary N) is 1. The number of anilines is 1. The van der Waals surface area contributed by atoms with E-state index in [-0.39, 0.29) is 23.4 Å². The number of hydrogen-bond donors (Lipinski definition) is 1. The van der Waals surface area contributed by atoms with Crippen molar-refractivity contribution in [1.29, 1.82) is 0 Å². The first-order valence-corrected chi connectivity index (χ1v) is 13.1. The number of ether oxygens (including phenoxy) is 2. The van der Waals surface area contributed by atoms with E-state index in [1.54, 1.807) is 54.9 Å². The summed E-state index contributed by atoms with van der Waals surface area (Å²) in [4.78, 5) is 24.9. The first kappa shape index (κ1) is 26.8. The first-order valence-electron chi connectivity index (χ1n) is 11.6. The van der Waals surface area contributed by atoms with E-state index in [0.717, 1.165) is 5.56 Å². The van der Waals surface area contributed by atoms with Crippen LogP contribution in [-0.2, 0) is 14.8 Å². The molecule has 0 saturated carbocycles. The van der Waals surface area contributed by atoms with E-state index in [0.29, 0.717) is 22.8 Å². The average molecular weight is 538 g/mol. The summed E-state index contributed by atoms with van der Waals surface area (Å²) < 4.78 is 41.8. The van der Waals surface area contributed by atoms with Gasteiger partial charge in [0.1, 0.15) is 17.0 Å². The lowest BCUT2D eigenvalue weighted by Crippen LogP contribution is -2.33. The van der Waals surface area contributed by atoms with E-state index in [1.165, 1.54) is 32.6 Å². The zero-order valence-electron chi connectivity index (χ0n) is 21.5. The summed E-state index contributed by atoms with van der Waals surface area (Å²) in [7, 11) is -1.24. The largest absolute Gasteiger partial charge is 0.481 e. The van der Waals surface area contributed by atoms with Gasteiger partial charge in [0.15, 0.2) is 17.4 Å². The van der Waals surface area contributed by atoms with Crippen molar-refractivity contribution in [2.45, 2.75) is 32.1 Å². The van der Waals surface area contributed by atoms with Crippen molar-refractivity contribution in [2.75, 3.05) is 18.9 Å². The molecule has 0 aliphatic rings. The maximum absolute atomic E-state index is 13.5. The number of carbonyl (C=O) groups excluding carboxylic acids is 1. The highest BCUT2D eigenvalue weighted by Crippen LogP contribution is 2.29. The summed E-state index contributed by atoms with van der Waals surface area (Å²) >= 11 is 0. The van der Waals surface area contributed by atoms with Crippen molar-refractivity contribution >= 4 is 21.8 Å². The fraction of sp³-hybridized carbons (Fsp3) is 0.280. The molecule has 0 aliphatic carbocycles. The predicted octanol–water partition coefficient (Wildman–Crippen LogP) is 3.16. The summed E-state index contributed by atoms with van der Waals surface area (Å²) in [6.45, 7) is 4.76. The monoisotopic (exact) mass is 537 g/mol. The number of aromatic nitrogens is 6. The van der Waals surface area contributed by atoms with Gasteiger partial charge in [-0.15, -0.1) is 10.2 Å². The molecule has 0 saturated heterocycles. The molecule has 1 aromatic carbocycles. The number of nitrogens with zero attached hydrogens (tertiary/aromatic N) is 6. The Bertz CT molecular complexity index is 1550. The number of pyridine rings is 1. The van der Waals surface area contributed by atoms with Crippen LogP contribution in [0, 0.1) is 6.92 Å². The van der Waals surface area contributed by atoms with Gasteiger partial charge >= 0.3 is 0 Å². The number of benzene rings is 1. The fourth-order valence-corrected chi connectivity index (χ4v) is 4.85. The molecule has 13 heteroatoms. The number of carbonyl (C=O) groups is 1. The fourth-order valence-electron chi connectivity index (χ4n) is 3.72. The second-order valence-electron chi connectivity index (χ2n) is 8.48. The highest BCUT2D eigenvalue weighted by molar-refractivity contribution is 7.93. The maximum atomic E-state index is 13.5. The summed E-state index contributed by atoms with van der Waals surface area (Å²) in [5, 5.41) is 7.23. The minimum absolute atomic E-state index is 0.100. The topological polar surface area (TPSA) is 151 Å². The summed E-state index contributed by atoms with van der Waals surface area (Å²) in [6.07, 6.45) is 2.23. The lowest BCUT2D eigenvalue weighted by Gasteiger charge is -2.22. The lowest BCUT2D eigenvalue weighted by molar-refractivity contribution is 0.0949. The molecular formula is C25H27N7O5S. The van der Waals surface area contributed by atoms with Gasteiger partial charge in [-0.25, -0.2) is 23.4 Å². The SMILES string of the molecule is COc1cccc(-c2nnc(NS(=O)(=O)[C@@H](C)[C@H](OC)c3ncc(C)cn3)n2-c2cccc(C(C)=O)c2)n1. The number of methoxy groups -OCH3 is 2. The number of aryl methyl sites for hydroxylation is 1. The van der Waals surface area contributed by atoms with Gasteiger partial charge in [0.05, 0.1) is 12.8 Å². The molecule has 0 aliphatic heterocycles. The minimum atomic E-state index is -4.11. The van der Waals surface area contributed by atoms with Crippen molar-refractivity contribution in [3.05, 3.63) is 71.8 Å². The van der Waals surface area contributed by atoms with Crippen LogP contribution in [-0.4, -0.2) is 63.4 Å². The molecule has 3 aromatic heterocycles. The smallest absolute Gasteiger partial charge is 0.243 e. The van der Waals surface area contributed by atoms with E-state index < -0.39 is 21.4 Å². The van der Waals surface area contributed by atoms with Gasteiger partial charge < -0.3 is 9.47 Å². The Morgan fingerprint density at radius 1 is 1.05 bits per heavy atom. The summed E-state index contributed by atoms with van der Waals surface area (Å²) in [5.41, 5.74) is 2.10. The highest BCUT2D eigenvalue weighted by atomic mass is 32.2. The van der Waals surface area contributed by atoms with E-state index >= 15 is 0 Å². The van der Waals surface area contributed by atoms with Crippen LogP contribution in [0.5, 0.6) is 5.88 Å². The van der Waals surface area contributed by atoms with Crippen LogP contribution in [0.4, 0.5) is 5.95 Å². The first-order chi connectivity index (χ1) is 18.1. The lowest BCUT2D eigenvalue weighted by atomic mass is 10.1. The molecular weight excluding hydrogens is 510 g/mol. The molecule has 12 nitrogen and oxygen atoms in total. The Hall–Kier alpha value is -4.23. The molecule has 0 fully saturated rings. The van der Waals surface area contributed by atoms with Gasteiger partial charge in [-0.3, -0.25) is 14.1 Å². The molecule has 1 N–H and O–H groups in total.